The van der Waals surface area contributed by atoms with Crippen molar-refractivity contribution in [3.05, 3.63) is 53.7 Å². The molecular weight excluding hydrogens is 316 g/mol. The van der Waals surface area contributed by atoms with Gasteiger partial charge in [-0.25, -0.2) is 0 Å². The maximum absolute atomic E-state index is 12.6. The third-order valence-electron chi connectivity index (χ3n) is 4.56. The highest BCUT2D eigenvalue weighted by atomic mass is 16.5. The Morgan fingerprint density at radius 1 is 1.36 bits per heavy atom. The van der Waals surface area contributed by atoms with Gasteiger partial charge in [0.15, 0.2) is 0 Å². The van der Waals surface area contributed by atoms with E-state index in [1.54, 1.807) is 17.2 Å². The number of hydrogen-bond donors (Lipinski definition) is 1. The zero-order chi connectivity index (χ0) is 17.4. The van der Waals surface area contributed by atoms with E-state index in [0.29, 0.717) is 18.8 Å². The number of aromatic amines is 1. The highest BCUT2D eigenvalue weighted by Gasteiger charge is 2.23. The second kappa shape index (κ2) is 6.20. The number of fused-ring (bicyclic) bond motifs is 1. The fraction of sp³-hybridized carbons (Fsp3) is 0.316. The van der Waals surface area contributed by atoms with E-state index in [4.69, 9.17) is 4.52 Å². The van der Waals surface area contributed by atoms with E-state index in [0.717, 1.165) is 28.8 Å². The van der Waals surface area contributed by atoms with E-state index < -0.39 is 0 Å². The molecule has 0 bridgehead atoms. The van der Waals surface area contributed by atoms with Gasteiger partial charge >= 0.3 is 0 Å². The van der Waals surface area contributed by atoms with Crippen LogP contribution in [0.2, 0.25) is 0 Å². The minimum atomic E-state index is -0.104. The van der Waals surface area contributed by atoms with Gasteiger partial charge in [-0.05, 0) is 36.1 Å². The monoisotopic (exact) mass is 336 g/mol. The molecule has 0 fully saturated rings. The topological polar surface area (TPSA) is 75.0 Å². The highest BCUT2D eigenvalue weighted by Crippen LogP contribution is 2.25. The van der Waals surface area contributed by atoms with Crippen LogP contribution in [-0.4, -0.2) is 39.0 Å². The van der Waals surface area contributed by atoms with Crippen LogP contribution in [0.25, 0.3) is 16.6 Å². The van der Waals surface area contributed by atoms with Crippen molar-refractivity contribution in [2.75, 3.05) is 13.1 Å². The van der Waals surface area contributed by atoms with Crippen LogP contribution >= 0.6 is 0 Å². The summed E-state index contributed by atoms with van der Waals surface area (Å²) >= 11 is 0. The molecule has 4 heterocycles. The molecule has 128 valence electrons. The van der Waals surface area contributed by atoms with E-state index >= 15 is 0 Å². The number of pyridine rings is 1. The van der Waals surface area contributed by atoms with Crippen molar-refractivity contribution >= 4 is 22.5 Å². The molecule has 3 aromatic rings. The number of carbonyl (C=O) groups excluding carboxylic acids is 1. The van der Waals surface area contributed by atoms with Crippen molar-refractivity contribution in [1.82, 2.24) is 20.0 Å². The maximum Gasteiger partial charge on any atom is 0.292 e. The summed E-state index contributed by atoms with van der Waals surface area (Å²) < 4.78 is 5.22. The molecule has 6 nitrogen and oxygen atoms in total. The van der Waals surface area contributed by atoms with Crippen molar-refractivity contribution in [3.63, 3.8) is 0 Å². The predicted octanol–water partition coefficient (Wildman–Crippen LogP) is 3.60. The van der Waals surface area contributed by atoms with Crippen LogP contribution in [0.5, 0.6) is 0 Å². The van der Waals surface area contributed by atoms with Gasteiger partial charge in [0.25, 0.3) is 5.91 Å². The summed E-state index contributed by atoms with van der Waals surface area (Å²) in [5.41, 5.74) is 5.08. The van der Waals surface area contributed by atoms with Crippen LogP contribution in [0.3, 0.4) is 0 Å². The molecule has 3 aromatic heterocycles. The first-order chi connectivity index (χ1) is 12.1. The summed E-state index contributed by atoms with van der Waals surface area (Å²) in [6.45, 7) is 5.27. The summed E-state index contributed by atoms with van der Waals surface area (Å²) in [4.78, 5) is 22.1. The Bertz CT molecular complexity index is 918. The Morgan fingerprint density at radius 2 is 2.24 bits per heavy atom. The van der Waals surface area contributed by atoms with E-state index in [1.807, 2.05) is 26.0 Å². The Labute approximate surface area is 145 Å². The SMILES string of the molecule is CC(C)c1cc(C(=O)N2CC=C(c3cc4ncccc4[nH]3)CC2)on1. The molecule has 25 heavy (non-hydrogen) atoms. The van der Waals surface area contributed by atoms with Gasteiger partial charge in [0, 0.05) is 31.0 Å². The lowest BCUT2D eigenvalue weighted by Gasteiger charge is -2.25. The minimum absolute atomic E-state index is 0.104. The summed E-state index contributed by atoms with van der Waals surface area (Å²) in [7, 11) is 0. The third-order valence-corrected chi connectivity index (χ3v) is 4.56. The predicted molar refractivity (Wildman–Crippen MR) is 95.2 cm³/mol. The highest BCUT2D eigenvalue weighted by molar-refractivity contribution is 5.92. The minimum Gasteiger partial charge on any atom is -0.353 e. The average Bonchev–Trinajstić information content (AvgIpc) is 3.28. The molecule has 4 rings (SSSR count). The van der Waals surface area contributed by atoms with Crippen molar-refractivity contribution in [1.29, 1.82) is 0 Å². The van der Waals surface area contributed by atoms with E-state index in [2.05, 4.69) is 27.3 Å². The fourth-order valence-corrected chi connectivity index (χ4v) is 3.04. The first-order valence-electron chi connectivity index (χ1n) is 8.51. The molecule has 0 atom stereocenters. The average molecular weight is 336 g/mol. The molecule has 1 aliphatic heterocycles. The van der Waals surface area contributed by atoms with Crippen LogP contribution in [0, 0.1) is 0 Å². The van der Waals surface area contributed by atoms with E-state index in [1.165, 1.54) is 5.57 Å². The molecule has 1 amide bonds. The number of nitrogens with one attached hydrogen (secondary N) is 1. The molecular formula is C19H20N4O2. The number of H-pyrrole nitrogens is 1. The molecule has 0 radical (unpaired) electrons. The second-order valence-electron chi connectivity index (χ2n) is 6.62. The number of carbonyl (C=O) groups is 1. The summed E-state index contributed by atoms with van der Waals surface area (Å²) in [5, 5.41) is 3.97. The smallest absolute Gasteiger partial charge is 0.292 e. The van der Waals surface area contributed by atoms with Crippen LogP contribution in [0.4, 0.5) is 0 Å². The molecule has 1 N–H and O–H groups in total. The summed E-state index contributed by atoms with van der Waals surface area (Å²) in [6.07, 6.45) is 4.67. The van der Waals surface area contributed by atoms with Crippen molar-refractivity contribution < 1.29 is 9.32 Å². The second-order valence-corrected chi connectivity index (χ2v) is 6.62. The molecule has 0 aromatic carbocycles. The maximum atomic E-state index is 12.6. The van der Waals surface area contributed by atoms with E-state index in [-0.39, 0.29) is 11.8 Å². The Hall–Kier alpha value is -2.89. The van der Waals surface area contributed by atoms with Crippen molar-refractivity contribution in [3.8, 4) is 0 Å². The normalized spacial score (nSPS) is 15.0. The lowest BCUT2D eigenvalue weighted by atomic mass is 10.0. The fourth-order valence-electron chi connectivity index (χ4n) is 3.04. The largest absolute Gasteiger partial charge is 0.353 e. The van der Waals surface area contributed by atoms with Gasteiger partial charge in [-0.2, -0.15) is 0 Å². The zero-order valence-electron chi connectivity index (χ0n) is 14.3. The van der Waals surface area contributed by atoms with Crippen LogP contribution in [0.1, 0.15) is 48.1 Å². The molecule has 0 aliphatic carbocycles. The molecule has 0 unspecified atom stereocenters. The Morgan fingerprint density at radius 3 is 2.92 bits per heavy atom. The lowest BCUT2D eigenvalue weighted by Crippen LogP contribution is -2.34. The van der Waals surface area contributed by atoms with Gasteiger partial charge in [-0.15, -0.1) is 0 Å². The van der Waals surface area contributed by atoms with Gasteiger partial charge in [-0.1, -0.05) is 25.1 Å². The van der Waals surface area contributed by atoms with Gasteiger partial charge in [0.05, 0.1) is 16.7 Å². The third kappa shape index (κ3) is 2.95. The number of amides is 1. The molecule has 0 spiro atoms. The number of nitrogens with zero attached hydrogens (tertiary/aromatic N) is 3. The molecule has 6 heteroatoms. The number of aromatic nitrogens is 3. The van der Waals surface area contributed by atoms with Crippen molar-refractivity contribution in [2.24, 2.45) is 0 Å². The Kier molecular flexibility index (Phi) is 3.87. The number of hydrogen-bond acceptors (Lipinski definition) is 4. The first kappa shape index (κ1) is 15.6. The standard InChI is InChI=1S/C19H20N4O2/c1-12(2)15-11-18(25-22-15)19(24)23-8-5-13(6-9-23)16-10-17-14(21-16)4-3-7-20-17/h3-5,7,10-12,21H,6,8-9H2,1-2H3. The Balaban J connectivity index is 1.50. The van der Waals surface area contributed by atoms with Gasteiger partial charge in [-0.3, -0.25) is 9.78 Å². The molecule has 0 saturated heterocycles. The van der Waals surface area contributed by atoms with Crippen LogP contribution in [-0.2, 0) is 0 Å². The number of rotatable bonds is 3. The van der Waals surface area contributed by atoms with E-state index in [9.17, 15) is 4.79 Å². The van der Waals surface area contributed by atoms with Crippen LogP contribution in [0.15, 0.2) is 41.1 Å². The zero-order valence-corrected chi connectivity index (χ0v) is 14.3. The van der Waals surface area contributed by atoms with Crippen molar-refractivity contribution in [2.45, 2.75) is 26.2 Å². The summed E-state index contributed by atoms with van der Waals surface area (Å²) in [5.74, 6) is 0.456. The molecule has 1 aliphatic rings. The first-order valence-corrected chi connectivity index (χ1v) is 8.51. The quantitative estimate of drug-likeness (QED) is 0.793. The van der Waals surface area contributed by atoms with Crippen LogP contribution < -0.4 is 0 Å². The van der Waals surface area contributed by atoms with Gasteiger partial charge < -0.3 is 14.4 Å². The van der Waals surface area contributed by atoms with Gasteiger partial charge in [0.2, 0.25) is 5.76 Å². The molecule has 0 saturated carbocycles. The van der Waals surface area contributed by atoms with Gasteiger partial charge in [0.1, 0.15) is 0 Å². The lowest BCUT2D eigenvalue weighted by molar-refractivity contribution is 0.0731. The summed E-state index contributed by atoms with van der Waals surface area (Å²) in [6, 6.07) is 7.74.